The number of rotatable bonds is 5. The number of anilines is 2. The highest BCUT2D eigenvalue weighted by Gasteiger charge is 2.35. The van der Waals surface area contributed by atoms with Gasteiger partial charge in [-0.25, -0.2) is 0 Å². The van der Waals surface area contributed by atoms with Gasteiger partial charge in [0.25, 0.3) is 0 Å². The molecule has 1 atom stereocenters. The summed E-state index contributed by atoms with van der Waals surface area (Å²) in [7, 11) is 1.57. The zero-order chi connectivity index (χ0) is 13.9. The van der Waals surface area contributed by atoms with Gasteiger partial charge in [0.2, 0.25) is 5.91 Å². The van der Waals surface area contributed by atoms with E-state index in [1.807, 2.05) is 13.8 Å². The molecule has 0 fully saturated rings. The molecule has 1 rings (SSSR count). The van der Waals surface area contributed by atoms with E-state index < -0.39 is 11.4 Å². The summed E-state index contributed by atoms with van der Waals surface area (Å²) in [5, 5.41) is 3.12. The molecule has 0 aliphatic carbocycles. The Balaban J connectivity index is 3.12. The van der Waals surface area contributed by atoms with E-state index in [1.54, 1.807) is 32.2 Å². The number of carbonyl (C=O) groups excluding carboxylic acids is 1. The fourth-order valence-electron chi connectivity index (χ4n) is 1.54. The fraction of sp³-hybridized carbons (Fsp3) is 0.462. The third-order valence-corrected chi connectivity index (χ3v) is 3.32. The van der Waals surface area contributed by atoms with Crippen LogP contribution in [0.25, 0.3) is 0 Å². The standard InChI is InChI=1S/C13H21N3O2/c1-8(2)13(3,12(15)17)16-11-7-9(18-4)5-6-10(11)14/h5-8,16H,14H2,1-4H3,(H2,15,17). The molecule has 0 saturated heterocycles. The van der Waals surface area contributed by atoms with E-state index in [0.717, 1.165) is 0 Å². The molecule has 5 heteroatoms. The number of ether oxygens (including phenoxy) is 1. The molecule has 1 amide bonds. The Bertz CT molecular complexity index is 446. The number of nitrogen functional groups attached to an aromatic ring is 1. The Morgan fingerprint density at radius 2 is 2.06 bits per heavy atom. The van der Waals surface area contributed by atoms with Gasteiger partial charge < -0.3 is 21.5 Å². The van der Waals surface area contributed by atoms with Crippen molar-refractivity contribution in [2.24, 2.45) is 11.7 Å². The zero-order valence-electron chi connectivity index (χ0n) is 11.3. The van der Waals surface area contributed by atoms with Gasteiger partial charge in [0.15, 0.2) is 0 Å². The van der Waals surface area contributed by atoms with Gasteiger partial charge in [0, 0.05) is 6.07 Å². The van der Waals surface area contributed by atoms with Gasteiger partial charge in [-0.3, -0.25) is 4.79 Å². The smallest absolute Gasteiger partial charge is 0.243 e. The lowest BCUT2D eigenvalue weighted by atomic mass is 9.87. The van der Waals surface area contributed by atoms with E-state index in [0.29, 0.717) is 17.1 Å². The number of nitrogens with one attached hydrogen (secondary N) is 1. The van der Waals surface area contributed by atoms with Crippen molar-refractivity contribution >= 4 is 17.3 Å². The highest BCUT2D eigenvalue weighted by molar-refractivity contribution is 5.89. The highest BCUT2D eigenvalue weighted by Crippen LogP contribution is 2.29. The van der Waals surface area contributed by atoms with Gasteiger partial charge in [-0.05, 0) is 25.0 Å². The normalized spacial score (nSPS) is 14.1. The van der Waals surface area contributed by atoms with Crippen LogP contribution in [0.15, 0.2) is 18.2 Å². The minimum absolute atomic E-state index is 0.0283. The van der Waals surface area contributed by atoms with Gasteiger partial charge in [0.05, 0.1) is 18.5 Å². The summed E-state index contributed by atoms with van der Waals surface area (Å²) in [5.41, 5.74) is 11.7. The molecular formula is C13H21N3O2. The number of hydrogen-bond donors (Lipinski definition) is 3. The van der Waals surface area contributed by atoms with E-state index in [1.165, 1.54) is 0 Å². The molecule has 0 saturated carbocycles. The zero-order valence-corrected chi connectivity index (χ0v) is 11.3. The van der Waals surface area contributed by atoms with Crippen molar-refractivity contribution < 1.29 is 9.53 Å². The molecule has 18 heavy (non-hydrogen) atoms. The predicted octanol–water partition coefficient (Wildman–Crippen LogP) is 1.59. The summed E-state index contributed by atoms with van der Waals surface area (Å²) in [6, 6.07) is 5.24. The Labute approximate surface area is 107 Å². The molecular weight excluding hydrogens is 230 g/mol. The number of benzene rings is 1. The van der Waals surface area contributed by atoms with Crippen molar-refractivity contribution in [1.29, 1.82) is 0 Å². The second-order valence-corrected chi connectivity index (χ2v) is 4.80. The summed E-state index contributed by atoms with van der Waals surface area (Å²) >= 11 is 0. The number of primary amides is 1. The molecule has 1 unspecified atom stereocenters. The molecule has 1 aromatic carbocycles. The van der Waals surface area contributed by atoms with Crippen LogP contribution in [0.4, 0.5) is 11.4 Å². The largest absolute Gasteiger partial charge is 0.497 e. The maximum Gasteiger partial charge on any atom is 0.243 e. The summed E-state index contributed by atoms with van der Waals surface area (Å²) in [6.07, 6.45) is 0. The molecule has 0 aromatic heterocycles. The third-order valence-electron chi connectivity index (χ3n) is 3.32. The first kappa shape index (κ1) is 14.2. The molecule has 0 bridgehead atoms. The summed E-state index contributed by atoms with van der Waals surface area (Å²) in [4.78, 5) is 11.6. The van der Waals surface area contributed by atoms with Crippen LogP contribution < -0.4 is 21.5 Å². The first-order chi connectivity index (χ1) is 8.31. The van der Waals surface area contributed by atoms with Crippen LogP contribution in [0, 0.1) is 5.92 Å². The Morgan fingerprint density at radius 3 is 2.50 bits per heavy atom. The quantitative estimate of drug-likeness (QED) is 0.693. The Hall–Kier alpha value is -1.91. The van der Waals surface area contributed by atoms with E-state index in [-0.39, 0.29) is 5.92 Å². The van der Waals surface area contributed by atoms with Crippen molar-refractivity contribution in [3.8, 4) is 5.75 Å². The molecule has 1 aromatic rings. The van der Waals surface area contributed by atoms with Gasteiger partial charge >= 0.3 is 0 Å². The average molecular weight is 251 g/mol. The van der Waals surface area contributed by atoms with E-state index in [2.05, 4.69) is 5.32 Å². The van der Waals surface area contributed by atoms with Gasteiger partial charge in [-0.15, -0.1) is 0 Å². The van der Waals surface area contributed by atoms with Crippen molar-refractivity contribution in [3.63, 3.8) is 0 Å². The van der Waals surface area contributed by atoms with Crippen molar-refractivity contribution in [2.75, 3.05) is 18.2 Å². The molecule has 100 valence electrons. The minimum Gasteiger partial charge on any atom is -0.497 e. The molecule has 0 radical (unpaired) electrons. The molecule has 0 heterocycles. The van der Waals surface area contributed by atoms with Gasteiger partial charge in [-0.1, -0.05) is 13.8 Å². The second-order valence-electron chi connectivity index (χ2n) is 4.80. The molecule has 0 aliphatic rings. The summed E-state index contributed by atoms with van der Waals surface area (Å²) in [5.74, 6) is 0.280. The predicted molar refractivity (Wildman–Crippen MR) is 73.5 cm³/mol. The fourth-order valence-corrected chi connectivity index (χ4v) is 1.54. The van der Waals surface area contributed by atoms with Crippen molar-refractivity contribution in [2.45, 2.75) is 26.3 Å². The van der Waals surface area contributed by atoms with Gasteiger partial charge in [0.1, 0.15) is 11.3 Å². The van der Waals surface area contributed by atoms with Crippen LogP contribution in [-0.4, -0.2) is 18.6 Å². The number of nitrogens with two attached hydrogens (primary N) is 2. The van der Waals surface area contributed by atoms with Crippen LogP contribution >= 0.6 is 0 Å². The average Bonchev–Trinajstić information content (AvgIpc) is 2.31. The first-order valence-electron chi connectivity index (χ1n) is 5.83. The maximum atomic E-state index is 11.6. The third kappa shape index (κ3) is 2.67. The SMILES string of the molecule is COc1ccc(N)c(NC(C)(C(N)=O)C(C)C)c1. The Kier molecular flexibility index (Phi) is 4.06. The van der Waals surface area contributed by atoms with Crippen molar-refractivity contribution in [1.82, 2.24) is 0 Å². The van der Waals surface area contributed by atoms with E-state index in [4.69, 9.17) is 16.2 Å². The minimum atomic E-state index is -0.861. The topological polar surface area (TPSA) is 90.4 Å². The number of hydrogen-bond acceptors (Lipinski definition) is 4. The van der Waals surface area contributed by atoms with Crippen LogP contribution in [0.2, 0.25) is 0 Å². The number of amides is 1. The lowest BCUT2D eigenvalue weighted by molar-refractivity contribution is -0.123. The van der Waals surface area contributed by atoms with E-state index >= 15 is 0 Å². The summed E-state index contributed by atoms with van der Waals surface area (Å²) in [6.45, 7) is 5.61. The lowest BCUT2D eigenvalue weighted by Crippen LogP contribution is -2.52. The maximum absolute atomic E-state index is 11.6. The number of methoxy groups -OCH3 is 1. The second kappa shape index (κ2) is 5.16. The Morgan fingerprint density at radius 1 is 1.44 bits per heavy atom. The molecule has 5 N–H and O–H groups in total. The summed E-state index contributed by atoms with van der Waals surface area (Å²) < 4.78 is 5.13. The monoisotopic (exact) mass is 251 g/mol. The van der Waals surface area contributed by atoms with Crippen molar-refractivity contribution in [3.05, 3.63) is 18.2 Å². The van der Waals surface area contributed by atoms with Crippen LogP contribution in [0.5, 0.6) is 5.75 Å². The lowest BCUT2D eigenvalue weighted by Gasteiger charge is -2.33. The highest BCUT2D eigenvalue weighted by atomic mass is 16.5. The van der Waals surface area contributed by atoms with Crippen LogP contribution in [0.1, 0.15) is 20.8 Å². The van der Waals surface area contributed by atoms with Crippen LogP contribution in [0.3, 0.4) is 0 Å². The van der Waals surface area contributed by atoms with Gasteiger partial charge in [-0.2, -0.15) is 0 Å². The van der Waals surface area contributed by atoms with E-state index in [9.17, 15) is 4.79 Å². The van der Waals surface area contributed by atoms with Crippen LogP contribution in [-0.2, 0) is 4.79 Å². The number of carbonyl (C=O) groups is 1. The molecule has 0 spiro atoms. The molecule has 5 nitrogen and oxygen atoms in total. The first-order valence-corrected chi connectivity index (χ1v) is 5.83. The molecule has 0 aliphatic heterocycles.